The van der Waals surface area contributed by atoms with E-state index in [4.69, 9.17) is 0 Å². The average Bonchev–Trinajstić information content (AvgIpc) is 2.29. The maximum atomic E-state index is 10.1. The van der Waals surface area contributed by atoms with Gasteiger partial charge in [0.25, 0.3) is 0 Å². The van der Waals surface area contributed by atoms with Gasteiger partial charge in [0.1, 0.15) is 5.60 Å². The Bertz CT molecular complexity index is 401. The van der Waals surface area contributed by atoms with Crippen LogP contribution in [0.15, 0.2) is 60.7 Å². The first kappa shape index (κ1) is 9.94. The van der Waals surface area contributed by atoms with Crippen molar-refractivity contribution in [2.45, 2.75) is 12.0 Å². The number of hydrogen-bond acceptors (Lipinski definition) is 1. The van der Waals surface area contributed by atoms with Crippen molar-refractivity contribution in [3.63, 3.8) is 0 Å². The van der Waals surface area contributed by atoms with E-state index < -0.39 is 5.60 Å². The Balaban J connectivity index is 2.12. The summed E-state index contributed by atoms with van der Waals surface area (Å²) in [6.07, 6.45) is 12.0. The second kappa shape index (κ2) is 4.28. The van der Waals surface area contributed by atoms with E-state index in [1.165, 1.54) is 0 Å². The summed E-state index contributed by atoms with van der Waals surface area (Å²) < 4.78 is 0. The SMILES string of the molecule is OC1(/C=C/c2ccccc2)C=CC=CC1. The molecule has 1 aliphatic carbocycles. The molecule has 15 heavy (non-hydrogen) atoms. The van der Waals surface area contributed by atoms with Gasteiger partial charge in [-0.2, -0.15) is 0 Å². The molecule has 0 radical (unpaired) electrons. The fourth-order valence-electron chi connectivity index (χ4n) is 1.55. The summed E-state index contributed by atoms with van der Waals surface area (Å²) in [5.74, 6) is 0. The minimum atomic E-state index is -0.815. The summed E-state index contributed by atoms with van der Waals surface area (Å²) in [4.78, 5) is 0. The van der Waals surface area contributed by atoms with Gasteiger partial charge in [0.05, 0.1) is 0 Å². The molecule has 1 N–H and O–H groups in total. The second-order valence-electron chi connectivity index (χ2n) is 3.73. The Morgan fingerprint density at radius 2 is 1.93 bits per heavy atom. The zero-order valence-corrected chi connectivity index (χ0v) is 8.51. The summed E-state index contributed by atoms with van der Waals surface area (Å²) in [5.41, 5.74) is 0.291. The summed E-state index contributed by atoms with van der Waals surface area (Å²) >= 11 is 0. The average molecular weight is 198 g/mol. The van der Waals surface area contributed by atoms with E-state index in [9.17, 15) is 5.11 Å². The van der Waals surface area contributed by atoms with Crippen LogP contribution in [0.25, 0.3) is 6.08 Å². The molecule has 0 amide bonds. The van der Waals surface area contributed by atoms with Gasteiger partial charge in [-0.05, 0) is 17.7 Å². The monoisotopic (exact) mass is 198 g/mol. The molecule has 0 saturated heterocycles. The van der Waals surface area contributed by atoms with Crippen LogP contribution in [-0.4, -0.2) is 10.7 Å². The highest BCUT2D eigenvalue weighted by Gasteiger charge is 2.18. The molecule has 0 heterocycles. The molecule has 0 fully saturated rings. The van der Waals surface area contributed by atoms with E-state index in [2.05, 4.69) is 0 Å². The lowest BCUT2D eigenvalue weighted by atomic mass is 9.94. The van der Waals surface area contributed by atoms with Crippen LogP contribution in [0.4, 0.5) is 0 Å². The fraction of sp³-hybridized carbons (Fsp3) is 0.143. The van der Waals surface area contributed by atoms with E-state index in [0.29, 0.717) is 6.42 Å². The Hall–Kier alpha value is -1.60. The van der Waals surface area contributed by atoms with Crippen LogP contribution in [-0.2, 0) is 0 Å². The van der Waals surface area contributed by atoms with Gasteiger partial charge in [-0.25, -0.2) is 0 Å². The normalized spacial score (nSPS) is 24.9. The Morgan fingerprint density at radius 3 is 2.60 bits per heavy atom. The van der Waals surface area contributed by atoms with E-state index in [1.807, 2.05) is 66.8 Å². The van der Waals surface area contributed by atoms with E-state index in [1.54, 1.807) is 0 Å². The fourth-order valence-corrected chi connectivity index (χ4v) is 1.55. The number of hydrogen-bond donors (Lipinski definition) is 1. The zero-order chi connectivity index (χ0) is 10.6. The lowest BCUT2D eigenvalue weighted by Crippen LogP contribution is -2.22. The predicted molar refractivity (Wildman–Crippen MR) is 63.3 cm³/mol. The zero-order valence-electron chi connectivity index (χ0n) is 8.51. The Labute approximate surface area is 90.1 Å². The van der Waals surface area contributed by atoms with Gasteiger partial charge in [0.15, 0.2) is 0 Å². The molecular formula is C14H14O. The highest BCUT2D eigenvalue weighted by atomic mass is 16.3. The van der Waals surface area contributed by atoms with Crippen molar-refractivity contribution in [3.8, 4) is 0 Å². The van der Waals surface area contributed by atoms with Crippen LogP contribution in [0.2, 0.25) is 0 Å². The minimum absolute atomic E-state index is 0.646. The molecule has 0 aromatic heterocycles. The van der Waals surface area contributed by atoms with E-state index >= 15 is 0 Å². The molecule has 1 aliphatic rings. The molecule has 0 aliphatic heterocycles. The standard InChI is InChI=1S/C14H14O/c15-14(10-5-2-6-11-14)12-9-13-7-3-1-4-8-13/h1-10,12,15H,11H2/b12-9+. The third-order valence-corrected chi connectivity index (χ3v) is 2.44. The molecule has 2 rings (SSSR count). The molecule has 0 bridgehead atoms. The molecule has 1 atom stereocenters. The Morgan fingerprint density at radius 1 is 1.13 bits per heavy atom. The molecule has 0 spiro atoms. The third-order valence-electron chi connectivity index (χ3n) is 2.44. The first-order chi connectivity index (χ1) is 7.29. The van der Waals surface area contributed by atoms with Crippen molar-refractivity contribution in [2.75, 3.05) is 0 Å². The van der Waals surface area contributed by atoms with Gasteiger partial charge in [-0.15, -0.1) is 0 Å². The van der Waals surface area contributed by atoms with Crippen molar-refractivity contribution < 1.29 is 5.11 Å². The number of rotatable bonds is 2. The topological polar surface area (TPSA) is 20.2 Å². The van der Waals surface area contributed by atoms with E-state index in [-0.39, 0.29) is 0 Å². The molecule has 0 saturated carbocycles. The van der Waals surface area contributed by atoms with Crippen molar-refractivity contribution >= 4 is 6.08 Å². The third kappa shape index (κ3) is 2.67. The van der Waals surface area contributed by atoms with Crippen LogP contribution < -0.4 is 0 Å². The number of aliphatic hydroxyl groups is 1. The molecule has 1 unspecified atom stereocenters. The summed E-state index contributed by atoms with van der Waals surface area (Å²) in [6, 6.07) is 9.99. The van der Waals surface area contributed by atoms with Crippen molar-refractivity contribution in [1.82, 2.24) is 0 Å². The largest absolute Gasteiger partial charge is 0.381 e. The molecule has 1 aromatic rings. The molecule has 1 aromatic carbocycles. The Kier molecular flexibility index (Phi) is 2.84. The summed E-state index contributed by atoms with van der Waals surface area (Å²) in [7, 11) is 0. The molecule has 76 valence electrons. The highest BCUT2D eigenvalue weighted by Crippen LogP contribution is 2.20. The van der Waals surface area contributed by atoms with Crippen molar-refractivity contribution in [2.24, 2.45) is 0 Å². The maximum Gasteiger partial charge on any atom is 0.105 e. The summed E-state index contributed by atoms with van der Waals surface area (Å²) in [6.45, 7) is 0. The van der Waals surface area contributed by atoms with Crippen molar-refractivity contribution in [1.29, 1.82) is 0 Å². The predicted octanol–water partition coefficient (Wildman–Crippen LogP) is 2.95. The highest BCUT2D eigenvalue weighted by molar-refractivity contribution is 5.51. The van der Waals surface area contributed by atoms with Crippen LogP contribution in [0.3, 0.4) is 0 Å². The molecular weight excluding hydrogens is 184 g/mol. The van der Waals surface area contributed by atoms with Gasteiger partial charge in [-0.3, -0.25) is 0 Å². The van der Waals surface area contributed by atoms with Gasteiger partial charge in [0.2, 0.25) is 0 Å². The second-order valence-corrected chi connectivity index (χ2v) is 3.73. The quantitative estimate of drug-likeness (QED) is 0.774. The van der Waals surface area contributed by atoms with Gasteiger partial charge < -0.3 is 5.11 Å². The first-order valence-electron chi connectivity index (χ1n) is 5.10. The lowest BCUT2D eigenvalue weighted by molar-refractivity contribution is 0.146. The van der Waals surface area contributed by atoms with Crippen LogP contribution in [0.1, 0.15) is 12.0 Å². The van der Waals surface area contributed by atoms with Crippen LogP contribution in [0.5, 0.6) is 0 Å². The van der Waals surface area contributed by atoms with Gasteiger partial charge >= 0.3 is 0 Å². The van der Waals surface area contributed by atoms with Gasteiger partial charge in [-0.1, -0.05) is 54.6 Å². The molecule has 1 nitrogen and oxygen atoms in total. The number of benzene rings is 1. The first-order valence-corrected chi connectivity index (χ1v) is 5.10. The van der Waals surface area contributed by atoms with Crippen molar-refractivity contribution in [3.05, 3.63) is 66.3 Å². The van der Waals surface area contributed by atoms with E-state index in [0.717, 1.165) is 5.56 Å². The smallest absolute Gasteiger partial charge is 0.105 e. The lowest BCUT2D eigenvalue weighted by Gasteiger charge is -2.20. The molecule has 1 heteroatoms. The van der Waals surface area contributed by atoms with Gasteiger partial charge in [0, 0.05) is 6.42 Å². The maximum absolute atomic E-state index is 10.1. The minimum Gasteiger partial charge on any atom is -0.381 e. The van der Waals surface area contributed by atoms with Crippen LogP contribution in [0, 0.1) is 0 Å². The van der Waals surface area contributed by atoms with Crippen LogP contribution >= 0.6 is 0 Å². The number of allylic oxidation sites excluding steroid dienone is 2. The summed E-state index contributed by atoms with van der Waals surface area (Å²) in [5, 5.41) is 10.1.